The topological polar surface area (TPSA) is 373 Å². The quantitative estimate of drug-likeness (QED) is 0.0278. The van der Waals surface area contributed by atoms with Crippen molar-refractivity contribution in [3.63, 3.8) is 0 Å². The molecule has 0 aromatic carbocycles. The van der Waals surface area contributed by atoms with E-state index in [0.29, 0.717) is 12.8 Å². The minimum atomic E-state index is -3.08. The van der Waals surface area contributed by atoms with Gasteiger partial charge in [0.1, 0.15) is 67.1 Å². The molecule has 18 unspecified atom stereocenters. The maximum Gasteiger partial charge on any atom is 0.364 e. The molecule has 23 nitrogen and oxygen atoms in total. The van der Waals surface area contributed by atoms with Crippen LogP contribution in [0.4, 0.5) is 0 Å². The van der Waals surface area contributed by atoms with Gasteiger partial charge in [-0.05, 0) is 19.3 Å². The van der Waals surface area contributed by atoms with Gasteiger partial charge in [0.25, 0.3) is 5.79 Å². The Kier molecular flexibility index (Phi) is 41.3. The summed E-state index contributed by atoms with van der Waals surface area (Å²) in [6, 6.07) is -2.61. The standard InChI is InChI=1S/C64H118N2O21/c1-4-6-8-10-12-14-15-16-17-18-19-20-21-22-23-24-25-26-27-28-30-31-33-35-37-46(71)45(66-51(74)38-36-34-32-29-13-11-9-7-5-2)43-82-61-56(78)55(77)58(50(42-69)84-61)85-62-57(79)60(54(76)49(41-68)83-62)87-64(63(80)81)39-47(72)52(65-44(3)70)59(86-64)53(75)48(73)40-67/h35,37,45-50,52-62,67-69,71-73,75-79H,4-34,36,38-43H2,1-3H3,(H,65,70)(H,66,74)(H,80,81)/b37-35+. The van der Waals surface area contributed by atoms with Gasteiger partial charge in [-0.3, -0.25) is 9.59 Å². The second-order valence-corrected chi connectivity index (χ2v) is 24.7. The van der Waals surface area contributed by atoms with Crippen LogP contribution in [-0.2, 0) is 42.8 Å². The molecule has 87 heavy (non-hydrogen) atoms. The molecular weight excluding hydrogens is 1130 g/mol. The van der Waals surface area contributed by atoms with Gasteiger partial charge in [0, 0.05) is 19.8 Å². The first-order chi connectivity index (χ1) is 41.9. The average molecular weight is 1250 g/mol. The molecule has 14 N–H and O–H groups in total. The van der Waals surface area contributed by atoms with Crippen LogP contribution < -0.4 is 10.6 Å². The van der Waals surface area contributed by atoms with Crippen LogP contribution in [0.25, 0.3) is 0 Å². The zero-order chi connectivity index (χ0) is 64.0. The molecule has 0 aromatic rings. The minimum Gasteiger partial charge on any atom is -0.477 e. The summed E-state index contributed by atoms with van der Waals surface area (Å²) >= 11 is 0. The molecule has 23 heteroatoms. The third-order valence-corrected chi connectivity index (χ3v) is 17.2. The summed E-state index contributed by atoms with van der Waals surface area (Å²) in [4.78, 5) is 38.4. The molecule has 3 saturated heterocycles. The van der Waals surface area contributed by atoms with Crippen molar-refractivity contribution in [3.8, 4) is 0 Å². The Morgan fingerprint density at radius 2 is 1.07 bits per heavy atom. The smallest absolute Gasteiger partial charge is 0.364 e. The maximum atomic E-state index is 13.3. The molecule has 510 valence electrons. The number of nitrogens with one attached hydrogen (secondary N) is 2. The van der Waals surface area contributed by atoms with Gasteiger partial charge in [-0.25, -0.2) is 4.79 Å². The Balaban J connectivity index is 1.57. The number of amides is 2. The normalized spacial score (nSPS) is 29.2. The predicted molar refractivity (Wildman–Crippen MR) is 325 cm³/mol. The Morgan fingerprint density at radius 1 is 0.598 bits per heavy atom. The van der Waals surface area contributed by atoms with E-state index in [9.17, 15) is 75.7 Å². The van der Waals surface area contributed by atoms with Gasteiger partial charge in [-0.2, -0.15) is 0 Å². The van der Waals surface area contributed by atoms with Crippen molar-refractivity contribution in [1.82, 2.24) is 10.6 Å². The van der Waals surface area contributed by atoms with Crippen LogP contribution in [0.1, 0.15) is 239 Å². The molecule has 0 spiro atoms. The van der Waals surface area contributed by atoms with E-state index in [2.05, 4.69) is 24.5 Å². The highest BCUT2D eigenvalue weighted by Crippen LogP contribution is 2.39. The lowest BCUT2D eigenvalue weighted by Gasteiger charge is -2.50. The summed E-state index contributed by atoms with van der Waals surface area (Å²) < 4.78 is 34.7. The van der Waals surface area contributed by atoms with Crippen LogP contribution in [0.3, 0.4) is 0 Å². The van der Waals surface area contributed by atoms with Gasteiger partial charge in [0.05, 0.1) is 50.7 Å². The monoisotopic (exact) mass is 1250 g/mol. The van der Waals surface area contributed by atoms with Crippen molar-refractivity contribution in [3.05, 3.63) is 12.2 Å². The van der Waals surface area contributed by atoms with Gasteiger partial charge < -0.3 is 100 Å². The van der Waals surface area contributed by atoms with E-state index in [1.54, 1.807) is 6.08 Å². The number of aliphatic hydroxyl groups is 11. The SMILES string of the molecule is CCCCCCCCCCCCCCCCCCCCCCCC/C=C/C(O)C(COC1OC(CO)C(OC2OC(CO)C(O)C(OC3(C(=O)O)CC(O)C(NC(C)=O)C(C(O)C(O)CO)O3)C2O)C(O)C1O)NC(=O)CCCCCCCCCCC. The number of carbonyl (C=O) groups excluding carboxylic acids is 2. The van der Waals surface area contributed by atoms with E-state index in [1.807, 2.05) is 6.08 Å². The number of aliphatic carboxylic acids is 1. The molecule has 3 aliphatic heterocycles. The highest BCUT2D eigenvalue weighted by Gasteiger charge is 2.60. The Labute approximate surface area is 518 Å². The molecular formula is C64H118N2O21. The minimum absolute atomic E-state index is 0.202. The summed E-state index contributed by atoms with van der Waals surface area (Å²) in [6.45, 7) is 2.10. The molecule has 3 fully saturated rings. The molecule has 18 atom stereocenters. The second kappa shape index (κ2) is 45.7. The fourth-order valence-corrected chi connectivity index (χ4v) is 11.8. The van der Waals surface area contributed by atoms with E-state index < -0.39 is 155 Å². The molecule has 3 aliphatic rings. The first kappa shape index (κ1) is 78.7. The van der Waals surface area contributed by atoms with E-state index in [1.165, 1.54) is 148 Å². The van der Waals surface area contributed by atoms with Gasteiger partial charge in [0.2, 0.25) is 11.8 Å². The van der Waals surface area contributed by atoms with Gasteiger partial charge >= 0.3 is 5.97 Å². The Bertz CT molecular complexity index is 1820. The van der Waals surface area contributed by atoms with Crippen LogP contribution in [0.15, 0.2) is 12.2 Å². The number of carboxylic acids is 1. The van der Waals surface area contributed by atoms with Gasteiger partial charge in [-0.1, -0.05) is 212 Å². The molecule has 0 bridgehead atoms. The van der Waals surface area contributed by atoms with Crippen molar-refractivity contribution in [1.29, 1.82) is 0 Å². The van der Waals surface area contributed by atoms with E-state index in [0.717, 1.165) is 51.9 Å². The highest BCUT2D eigenvalue weighted by molar-refractivity contribution is 5.77. The largest absolute Gasteiger partial charge is 0.477 e. The van der Waals surface area contributed by atoms with Crippen molar-refractivity contribution >= 4 is 17.8 Å². The third-order valence-electron chi connectivity index (χ3n) is 17.2. The molecule has 3 rings (SSSR count). The number of hydrogen-bond donors (Lipinski definition) is 14. The Hall–Kier alpha value is -2.53. The van der Waals surface area contributed by atoms with Crippen molar-refractivity contribution in [2.24, 2.45) is 0 Å². The molecule has 0 radical (unpaired) electrons. The zero-order valence-corrected chi connectivity index (χ0v) is 52.9. The summed E-state index contributed by atoms with van der Waals surface area (Å²) in [7, 11) is 0. The molecule has 2 amide bonds. The van der Waals surface area contributed by atoms with Crippen LogP contribution in [0.5, 0.6) is 0 Å². The average Bonchev–Trinajstić information content (AvgIpc) is 0.933. The predicted octanol–water partition coefficient (Wildman–Crippen LogP) is 5.12. The molecule has 0 aliphatic carbocycles. The molecule has 3 heterocycles. The summed E-state index contributed by atoms with van der Waals surface area (Å²) in [5, 5.41) is 136. The van der Waals surface area contributed by atoms with Crippen molar-refractivity contribution in [2.45, 2.75) is 349 Å². The maximum absolute atomic E-state index is 13.3. The number of carboxylic acid groups (broad SMARTS) is 1. The number of ether oxygens (including phenoxy) is 6. The van der Waals surface area contributed by atoms with E-state index >= 15 is 0 Å². The first-order valence-electron chi connectivity index (χ1n) is 33.6. The Morgan fingerprint density at radius 3 is 1.53 bits per heavy atom. The third kappa shape index (κ3) is 28.9. The lowest BCUT2D eigenvalue weighted by Crippen LogP contribution is -2.70. The number of aliphatic hydroxyl groups excluding tert-OH is 11. The van der Waals surface area contributed by atoms with E-state index in [4.69, 9.17) is 28.4 Å². The zero-order valence-electron chi connectivity index (χ0n) is 52.9. The van der Waals surface area contributed by atoms with Crippen molar-refractivity contribution in [2.75, 3.05) is 26.4 Å². The fourth-order valence-electron chi connectivity index (χ4n) is 11.8. The van der Waals surface area contributed by atoms with Crippen LogP contribution in [0.2, 0.25) is 0 Å². The van der Waals surface area contributed by atoms with Crippen LogP contribution in [0, 0.1) is 0 Å². The molecule has 0 saturated carbocycles. The number of hydrogen-bond acceptors (Lipinski definition) is 20. The summed E-state index contributed by atoms with van der Waals surface area (Å²) in [5.41, 5.74) is 0. The van der Waals surface area contributed by atoms with Crippen LogP contribution >= 0.6 is 0 Å². The number of rotatable bonds is 50. The van der Waals surface area contributed by atoms with Gasteiger partial charge in [-0.15, -0.1) is 0 Å². The van der Waals surface area contributed by atoms with E-state index in [-0.39, 0.29) is 12.3 Å². The summed E-state index contributed by atoms with van der Waals surface area (Å²) in [6.07, 6.45) is 13.0. The first-order valence-corrected chi connectivity index (χ1v) is 33.6. The lowest BCUT2D eigenvalue weighted by molar-refractivity contribution is -0.386. The fraction of sp³-hybridized carbons (Fsp3) is 0.922. The lowest BCUT2D eigenvalue weighted by atomic mass is 9.88. The number of unbranched alkanes of at least 4 members (excludes halogenated alkanes) is 30. The number of carbonyl (C=O) groups is 3. The number of allylic oxidation sites excluding steroid dienone is 1. The van der Waals surface area contributed by atoms with Crippen molar-refractivity contribution < 1.29 is 104 Å². The second-order valence-electron chi connectivity index (χ2n) is 24.7. The molecule has 0 aromatic heterocycles. The summed E-state index contributed by atoms with van der Waals surface area (Å²) in [5.74, 6) is -6.14. The van der Waals surface area contributed by atoms with Crippen LogP contribution in [-0.4, -0.2) is 215 Å². The van der Waals surface area contributed by atoms with Gasteiger partial charge in [0.15, 0.2) is 12.6 Å². The highest BCUT2D eigenvalue weighted by atomic mass is 16.8.